The summed E-state index contributed by atoms with van der Waals surface area (Å²) in [4.78, 5) is 24.3. The lowest BCUT2D eigenvalue weighted by Gasteiger charge is -2.05. The Bertz CT molecular complexity index is 693. The zero-order valence-corrected chi connectivity index (χ0v) is 14.5. The second-order valence-electron chi connectivity index (χ2n) is 5.28. The molecule has 1 heterocycles. The number of nitrogens with one attached hydrogen (secondary N) is 2. The van der Waals surface area contributed by atoms with E-state index in [4.69, 9.17) is 0 Å². The number of rotatable bonds is 8. The molecule has 1 amide bonds. The van der Waals surface area contributed by atoms with Crippen molar-refractivity contribution in [3.63, 3.8) is 0 Å². The molecule has 0 aliphatic carbocycles. The van der Waals surface area contributed by atoms with Crippen molar-refractivity contribution in [3.8, 4) is 0 Å². The lowest BCUT2D eigenvalue weighted by atomic mass is 10.3. The fraction of sp³-hybridized carbons (Fsp3) is 0.500. The molecule has 6 nitrogen and oxygen atoms in total. The Morgan fingerprint density at radius 3 is 2.26 bits per heavy atom. The van der Waals surface area contributed by atoms with Crippen LogP contribution in [0.2, 0.25) is 0 Å². The van der Waals surface area contributed by atoms with Gasteiger partial charge in [0, 0.05) is 32.6 Å². The monoisotopic (exact) mass is 340 g/mol. The SMILES string of the molecule is CCCn1c(=O)n(CCC(=O)NCCNC)c2ccccc21.Cl. The molecule has 2 N–H and O–H groups in total. The van der Waals surface area contributed by atoms with Crippen molar-refractivity contribution in [3.05, 3.63) is 34.7 Å². The molecule has 0 aliphatic heterocycles. The summed E-state index contributed by atoms with van der Waals surface area (Å²) in [7, 11) is 1.84. The maximum absolute atomic E-state index is 12.5. The lowest BCUT2D eigenvalue weighted by Crippen LogP contribution is -2.32. The van der Waals surface area contributed by atoms with Crippen LogP contribution in [0.1, 0.15) is 19.8 Å². The van der Waals surface area contributed by atoms with Gasteiger partial charge in [-0.25, -0.2) is 4.79 Å². The van der Waals surface area contributed by atoms with Crippen LogP contribution in [-0.2, 0) is 17.9 Å². The number of para-hydroxylation sites is 2. The Kier molecular flexibility index (Phi) is 7.85. The van der Waals surface area contributed by atoms with Crippen molar-refractivity contribution in [2.45, 2.75) is 32.9 Å². The highest BCUT2D eigenvalue weighted by molar-refractivity contribution is 5.85. The fourth-order valence-electron chi connectivity index (χ4n) is 2.56. The minimum atomic E-state index is -0.0360. The number of amides is 1. The number of halogens is 1. The summed E-state index contributed by atoms with van der Waals surface area (Å²) in [5, 5.41) is 5.80. The summed E-state index contributed by atoms with van der Waals surface area (Å²) in [6.07, 6.45) is 1.21. The normalized spacial score (nSPS) is 10.5. The van der Waals surface area contributed by atoms with Crippen molar-refractivity contribution in [2.75, 3.05) is 20.1 Å². The Labute approximate surface area is 142 Å². The van der Waals surface area contributed by atoms with Gasteiger partial charge in [-0.2, -0.15) is 0 Å². The first-order valence-corrected chi connectivity index (χ1v) is 7.78. The number of imidazole rings is 1. The summed E-state index contributed by atoms with van der Waals surface area (Å²) < 4.78 is 3.48. The van der Waals surface area contributed by atoms with Crippen LogP contribution >= 0.6 is 12.4 Å². The van der Waals surface area contributed by atoms with E-state index in [0.717, 1.165) is 24.0 Å². The summed E-state index contributed by atoms with van der Waals surface area (Å²) in [5.74, 6) is -0.0329. The van der Waals surface area contributed by atoms with Crippen molar-refractivity contribution < 1.29 is 4.79 Å². The molecular weight excluding hydrogens is 316 g/mol. The summed E-state index contributed by atoms with van der Waals surface area (Å²) in [6.45, 7) is 4.49. The van der Waals surface area contributed by atoms with E-state index in [-0.39, 0.29) is 24.0 Å². The largest absolute Gasteiger partial charge is 0.355 e. The summed E-state index contributed by atoms with van der Waals surface area (Å²) in [5.41, 5.74) is 1.79. The Balaban J connectivity index is 0.00000264. The molecule has 0 atom stereocenters. The highest BCUT2D eigenvalue weighted by Gasteiger charge is 2.12. The van der Waals surface area contributed by atoms with Crippen molar-refractivity contribution in [1.29, 1.82) is 0 Å². The Morgan fingerprint density at radius 1 is 1.09 bits per heavy atom. The molecular formula is C16H25ClN4O2. The first kappa shape index (κ1) is 19.3. The van der Waals surface area contributed by atoms with Gasteiger partial charge in [-0.15, -0.1) is 12.4 Å². The number of hydrogen-bond donors (Lipinski definition) is 2. The van der Waals surface area contributed by atoms with E-state index in [1.807, 2.05) is 38.2 Å². The van der Waals surface area contributed by atoms with E-state index in [9.17, 15) is 9.59 Å². The quantitative estimate of drug-likeness (QED) is 0.713. The number of likely N-dealkylation sites (N-methyl/N-ethyl adjacent to an activating group) is 1. The second-order valence-corrected chi connectivity index (χ2v) is 5.28. The number of carbonyl (C=O) groups is 1. The average molecular weight is 341 g/mol. The lowest BCUT2D eigenvalue weighted by molar-refractivity contribution is -0.121. The predicted molar refractivity (Wildman–Crippen MR) is 95.3 cm³/mol. The van der Waals surface area contributed by atoms with Crippen LogP contribution in [0, 0.1) is 0 Å². The van der Waals surface area contributed by atoms with E-state index in [2.05, 4.69) is 10.6 Å². The molecule has 0 radical (unpaired) electrons. The van der Waals surface area contributed by atoms with Crippen molar-refractivity contribution >= 4 is 29.3 Å². The number of nitrogens with zero attached hydrogens (tertiary/aromatic N) is 2. The molecule has 0 spiro atoms. The molecule has 0 aliphatic rings. The van der Waals surface area contributed by atoms with Gasteiger partial charge in [-0.1, -0.05) is 19.1 Å². The highest BCUT2D eigenvalue weighted by Crippen LogP contribution is 2.13. The molecule has 1 aromatic heterocycles. The Morgan fingerprint density at radius 2 is 1.70 bits per heavy atom. The first-order valence-electron chi connectivity index (χ1n) is 7.78. The van der Waals surface area contributed by atoms with E-state index in [1.165, 1.54) is 0 Å². The molecule has 0 unspecified atom stereocenters. The third-order valence-electron chi connectivity index (χ3n) is 3.63. The number of fused-ring (bicyclic) bond motifs is 1. The molecule has 0 saturated heterocycles. The van der Waals surface area contributed by atoms with E-state index in [1.54, 1.807) is 9.13 Å². The summed E-state index contributed by atoms with van der Waals surface area (Å²) >= 11 is 0. The molecule has 0 saturated carbocycles. The van der Waals surface area contributed by atoms with Gasteiger partial charge in [0.25, 0.3) is 0 Å². The maximum atomic E-state index is 12.5. The summed E-state index contributed by atoms with van der Waals surface area (Å²) in [6, 6.07) is 7.74. The van der Waals surface area contributed by atoms with Crippen LogP contribution in [0.5, 0.6) is 0 Å². The standard InChI is InChI=1S/C16H24N4O2.ClH/c1-3-11-19-13-6-4-5-7-14(13)20(16(19)22)12-8-15(21)18-10-9-17-2;/h4-7,17H,3,8-12H2,1-2H3,(H,18,21);1H. The molecule has 23 heavy (non-hydrogen) atoms. The van der Waals surface area contributed by atoms with Gasteiger partial charge in [-0.3, -0.25) is 13.9 Å². The van der Waals surface area contributed by atoms with Crippen LogP contribution in [0.3, 0.4) is 0 Å². The molecule has 7 heteroatoms. The molecule has 0 bridgehead atoms. The number of aromatic nitrogens is 2. The number of aryl methyl sites for hydroxylation is 2. The third kappa shape index (κ3) is 4.59. The molecule has 2 aromatic rings. The van der Waals surface area contributed by atoms with Crippen molar-refractivity contribution in [1.82, 2.24) is 19.8 Å². The average Bonchev–Trinajstić information content (AvgIpc) is 2.79. The van der Waals surface area contributed by atoms with Gasteiger partial charge >= 0.3 is 5.69 Å². The van der Waals surface area contributed by atoms with E-state index in [0.29, 0.717) is 26.1 Å². The molecule has 128 valence electrons. The van der Waals surface area contributed by atoms with Gasteiger partial charge in [0.2, 0.25) is 5.91 Å². The molecule has 2 rings (SSSR count). The number of benzene rings is 1. The van der Waals surface area contributed by atoms with E-state index >= 15 is 0 Å². The number of carbonyl (C=O) groups excluding carboxylic acids is 1. The van der Waals surface area contributed by atoms with Gasteiger partial charge in [0.1, 0.15) is 0 Å². The molecule has 0 fully saturated rings. The predicted octanol–water partition coefficient (Wildman–Crippen LogP) is 1.36. The maximum Gasteiger partial charge on any atom is 0.329 e. The van der Waals surface area contributed by atoms with E-state index < -0.39 is 0 Å². The van der Waals surface area contributed by atoms with Crippen LogP contribution in [0.15, 0.2) is 29.1 Å². The van der Waals surface area contributed by atoms with Crippen LogP contribution < -0.4 is 16.3 Å². The van der Waals surface area contributed by atoms with Crippen LogP contribution in [0.4, 0.5) is 0 Å². The first-order chi connectivity index (χ1) is 10.7. The van der Waals surface area contributed by atoms with Crippen LogP contribution in [-0.4, -0.2) is 35.2 Å². The highest BCUT2D eigenvalue weighted by atomic mass is 35.5. The van der Waals surface area contributed by atoms with Crippen molar-refractivity contribution in [2.24, 2.45) is 0 Å². The van der Waals surface area contributed by atoms with Gasteiger partial charge in [0.05, 0.1) is 11.0 Å². The topological polar surface area (TPSA) is 68.1 Å². The zero-order valence-electron chi connectivity index (χ0n) is 13.7. The number of hydrogen-bond acceptors (Lipinski definition) is 3. The fourth-order valence-corrected chi connectivity index (χ4v) is 2.56. The minimum absolute atomic E-state index is 0. The Hall–Kier alpha value is -1.79. The molecule has 1 aromatic carbocycles. The smallest absolute Gasteiger partial charge is 0.329 e. The van der Waals surface area contributed by atoms with Gasteiger partial charge in [-0.05, 0) is 25.6 Å². The van der Waals surface area contributed by atoms with Crippen LogP contribution in [0.25, 0.3) is 11.0 Å². The third-order valence-corrected chi connectivity index (χ3v) is 3.63. The van der Waals surface area contributed by atoms with Gasteiger partial charge in [0.15, 0.2) is 0 Å². The minimum Gasteiger partial charge on any atom is -0.355 e. The second kappa shape index (κ2) is 9.37. The zero-order chi connectivity index (χ0) is 15.9. The van der Waals surface area contributed by atoms with Gasteiger partial charge < -0.3 is 10.6 Å².